The lowest BCUT2D eigenvalue weighted by atomic mass is 10.0. The Morgan fingerprint density at radius 1 is 1.03 bits per heavy atom. The molecule has 2 aliphatic rings. The Morgan fingerprint density at radius 2 is 1.77 bits per heavy atom. The molecule has 3 N–H and O–H groups in total. The highest BCUT2D eigenvalue weighted by atomic mass is 19.4. The Hall–Kier alpha value is -3.41. The molecule has 0 radical (unpaired) electrons. The Labute approximate surface area is 226 Å². The van der Waals surface area contributed by atoms with E-state index in [-0.39, 0.29) is 29.6 Å². The van der Waals surface area contributed by atoms with Crippen LogP contribution in [0.15, 0.2) is 30.5 Å². The minimum absolute atomic E-state index is 0.0266. The van der Waals surface area contributed by atoms with Crippen molar-refractivity contribution in [2.24, 2.45) is 5.92 Å². The van der Waals surface area contributed by atoms with Gasteiger partial charge < -0.3 is 25.8 Å². The maximum absolute atomic E-state index is 13.8. The first-order valence-electron chi connectivity index (χ1n) is 13.4. The van der Waals surface area contributed by atoms with Crippen molar-refractivity contribution >= 4 is 29.3 Å². The number of carbonyl (C=O) groups excluding carboxylic acids is 2. The molecule has 1 aliphatic heterocycles. The van der Waals surface area contributed by atoms with Crippen molar-refractivity contribution in [2.75, 3.05) is 43.9 Å². The molecular weight excluding hydrogens is 511 g/mol. The highest BCUT2D eigenvalue weighted by Gasteiger charge is 2.39. The lowest BCUT2D eigenvalue weighted by molar-refractivity contribution is -0.137. The van der Waals surface area contributed by atoms with Crippen LogP contribution in [0, 0.1) is 5.92 Å². The Kier molecular flexibility index (Phi) is 8.94. The van der Waals surface area contributed by atoms with Crippen LogP contribution in [-0.2, 0) is 11.0 Å². The van der Waals surface area contributed by atoms with Crippen molar-refractivity contribution in [1.29, 1.82) is 0 Å². The fourth-order valence-electron chi connectivity index (χ4n) is 5.03. The van der Waals surface area contributed by atoms with Crippen molar-refractivity contribution in [1.82, 2.24) is 25.1 Å². The van der Waals surface area contributed by atoms with E-state index in [1.807, 2.05) is 25.8 Å². The molecule has 0 bridgehead atoms. The molecule has 1 saturated heterocycles. The number of nitrogens with zero attached hydrogens (tertiary/aromatic N) is 4. The summed E-state index contributed by atoms with van der Waals surface area (Å²) in [7, 11) is 2.04. The van der Waals surface area contributed by atoms with Gasteiger partial charge in [0.25, 0.3) is 5.91 Å². The number of alkyl halides is 3. The molecule has 2 fully saturated rings. The summed E-state index contributed by atoms with van der Waals surface area (Å²) in [5, 5.41) is 8.67. The minimum atomic E-state index is -4.67. The molecule has 2 atom stereocenters. The van der Waals surface area contributed by atoms with Gasteiger partial charge in [0, 0.05) is 49.2 Å². The predicted molar refractivity (Wildman–Crippen MR) is 143 cm³/mol. The van der Waals surface area contributed by atoms with E-state index >= 15 is 0 Å². The molecule has 0 unspecified atom stereocenters. The average molecular weight is 548 g/mol. The first-order chi connectivity index (χ1) is 18.5. The van der Waals surface area contributed by atoms with Crippen LogP contribution in [0.3, 0.4) is 0 Å². The number of carbonyl (C=O) groups is 2. The topological polar surface area (TPSA) is 102 Å². The van der Waals surface area contributed by atoms with Crippen LogP contribution in [0.5, 0.6) is 0 Å². The zero-order chi connectivity index (χ0) is 28.2. The summed E-state index contributed by atoms with van der Waals surface area (Å²) in [4.78, 5) is 37.6. The van der Waals surface area contributed by atoms with Gasteiger partial charge in [-0.15, -0.1) is 0 Å². The average Bonchev–Trinajstić information content (AvgIpc) is 3.22. The summed E-state index contributed by atoms with van der Waals surface area (Å²) in [5.41, 5.74) is 0.0719. The second-order valence-corrected chi connectivity index (χ2v) is 10.6. The summed E-state index contributed by atoms with van der Waals surface area (Å²) < 4.78 is 41.3. The molecule has 39 heavy (non-hydrogen) atoms. The molecular formula is C27H36F3N7O2. The van der Waals surface area contributed by atoms with Crippen molar-refractivity contribution < 1.29 is 22.8 Å². The lowest BCUT2D eigenvalue weighted by Crippen LogP contribution is -2.41. The SMILES string of the molecule is CC(C)NC(=O)[C@H]1CCC[C@H]1Nc1nc(Nc2ccc(C(=O)N3CCCN(C)CC3)cc2)ncc1C(F)(F)F. The van der Waals surface area contributed by atoms with E-state index in [4.69, 9.17) is 0 Å². The molecule has 0 spiro atoms. The summed E-state index contributed by atoms with van der Waals surface area (Å²) in [6, 6.07) is 6.17. The number of halogens is 3. The quantitative estimate of drug-likeness (QED) is 0.479. The van der Waals surface area contributed by atoms with Crippen LogP contribution in [0.25, 0.3) is 0 Å². The molecule has 2 amide bonds. The summed E-state index contributed by atoms with van der Waals surface area (Å²) in [6.07, 6.45) is -1.14. The maximum atomic E-state index is 13.8. The number of hydrogen-bond acceptors (Lipinski definition) is 7. The van der Waals surface area contributed by atoms with Gasteiger partial charge in [-0.25, -0.2) is 4.98 Å². The molecule has 1 aromatic heterocycles. The van der Waals surface area contributed by atoms with E-state index in [0.29, 0.717) is 37.2 Å². The predicted octanol–water partition coefficient (Wildman–Crippen LogP) is 4.12. The number of aromatic nitrogens is 2. The van der Waals surface area contributed by atoms with Gasteiger partial charge in [0.1, 0.15) is 11.4 Å². The third-order valence-electron chi connectivity index (χ3n) is 7.09. The number of hydrogen-bond donors (Lipinski definition) is 3. The van der Waals surface area contributed by atoms with Gasteiger partial charge in [0.15, 0.2) is 0 Å². The van der Waals surface area contributed by atoms with E-state index < -0.39 is 23.7 Å². The number of anilines is 3. The first-order valence-corrected chi connectivity index (χ1v) is 13.4. The number of nitrogens with one attached hydrogen (secondary N) is 3. The minimum Gasteiger partial charge on any atom is -0.366 e. The zero-order valence-corrected chi connectivity index (χ0v) is 22.5. The van der Waals surface area contributed by atoms with Gasteiger partial charge in [-0.05, 0) is 71.0 Å². The van der Waals surface area contributed by atoms with Gasteiger partial charge in [-0.2, -0.15) is 18.2 Å². The monoisotopic (exact) mass is 547 g/mol. The summed E-state index contributed by atoms with van der Waals surface area (Å²) in [5.74, 6) is -1.08. The molecule has 12 heteroatoms. The Morgan fingerprint density at radius 3 is 2.46 bits per heavy atom. The van der Waals surface area contributed by atoms with Crippen LogP contribution in [0.1, 0.15) is 55.5 Å². The van der Waals surface area contributed by atoms with Gasteiger partial charge in [0.05, 0.1) is 5.92 Å². The highest BCUT2D eigenvalue weighted by Crippen LogP contribution is 2.36. The van der Waals surface area contributed by atoms with Crippen LogP contribution < -0.4 is 16.0 Å². The van der Waals surface area contributed by atoms with Crippen LogP contribution >= 0.6 is 0 Å². The second kappa shape index (κ2) is 12.2. The molecule has 1 aromatic carbocycles. The van der Waals surface area contributed by atoms with Crippen molar-refractivity contribution in [3.63, 3.8) is 0 Å². The maximum Gasteiger partial charge on any atom is 0.421 e. The standard InChI is InChI=1S/C27H36F3N7O2/c1-17(2)32-24(38)20-6-4-7-22(20)34-23-21(27(28,29)30)16-31-26(35-23)33-19-10-8-18(9-11-19)25(39)37-13-5-12-36(3)14-15-37/h8-11,16-17,20,22H,4-7,12-15H2,1-3H3,(H,32,38)(H2,31,33,34,35)/t20-,22+/m0/s1. The van der Waals surface area contributed by atoms with E-state index in [1.54, 1.807) is 24.3 Å². The molecule has 1 aliphatic carbocycles. The Bertz CT molecular complexity index is 1160. The molecule has 2 aromatic rings. The van der Waals surface area contributed by atoms with E-state index in [0.717, 1.165) is 32.1 Å². The number of rotatable bonds is 7. The third kappa shape index (κ3) is 7.37. The van der Waals surface area contributed by atoms with Gasteiger partial charge in [0.2, 0.25) is 11.9 Å². The van der Waals surface area contributed by atoms with Crippen LogP contribution in [-0.4, -0.2) is 76.9 Å². The molecule has 4 rings (SSSR count). The van der Waals surface area contributed by atoms with Crippen molar-refractivity contribution in [3.05, 3.63) is 41.6 Å². The normalized spacial score (nSPS) is 20.5. The molecule has 212 valence electrons. The van der Waals surface area contributed by atoms with Gasteiger partial charge >= 0.3 is 6.18 Å². The van der Waals surface area contributed by atoms with Crippen LogP contribution in [0.2, 0.25) is 0 Å². The van der Waals surface area contributed by atoms with Gasteiger partial charge in [-0.3, -0.25) is 9.59 Å². The van der Waals surface area contributed by atoms with Crippen molar-refractivity contribution in [2.45, 2.75) is 57.8 Å². The second-order valence-electron chi connectivity index (χ2n) is 10.6. The molecule has 2 heterocycles. The zero-order valence-electron chi connectivity index (χ0n) is 22.5. The number of likely N-dealkylation sites (N-methyl/N-ethyl adjacent to an activating group) is 1. The first kappa shape index (κ1) is 28.6. The smallest absolute Gasteiger partial charge is 0.366 e. The van der Waals surface area contributed by atoms with Gasteiger partial charge in [-0.1, -0.05) is 6.42 Å². The van der Waals surface area contributed by atoms with Crippen LogP contribution in [0.4, 0.5) is 30.6 Å². The summed E-state index contributed by atoms with van der Waals surface area (Å²) >= 11 is 0. The summed E-state index contributed by atoms with van der Waals surface area (Å²) in [6.45, 7) is 6.80. The highest BCUT2D eigenvalue weighted by molar-refractivity contribution is 5.94. The van der Waals surface area contributed by atoms with E-state index in [9.17, 15) is 22.8 Å². The number of amides is 2. The third-order valence-corrected chi connectivity index (χ3v) is 7.09. The molecule has 1 saturated carbocycles. The van der Waals surface area contributed by atoms with Crippen molar-refractivity contribution in [3.8, 4) is 0 Å². The van der Waals surface area contributed by atoms with E-state index in [2.05, 4.69) is 30.8 Å². The lowest BCUT2D eigenvalue weighted by Gasteiger charge is -2.24. The fraction of sp³-hybridized carbons (Fsp3) is 0.556. The largest absolute Gasteiger partial charge is 0.421 e. The molecule has 9 nitrogen and oxygen atoms in total. The van der Waals surface area contributed by atoms with E-state index in [1.165, 1.54) is 0 Å². The number of benzene rings is 1. The fourth-order valence-corrected chi connectivity index (χ4v) is 5.03. The Balaban J connectivity index is 1.48.